The predicted molar refractivity (Wildman–Crippen MR) is 112 cm³/mol. The van der Waals surface area contributed by atoms with Gasteiger partial charge in [-0.25, -0.2) is 0 Å². The molecule has 0 spiro atoms. The summed E-state index contributed by atoms with van der Waals surface area (Å²) in [4.78, 5) is 13.6. The number of ketones is 1. The first-order valence-electron chi connectivity index (χ1n) is 9.40. The van der Waals surface area contributed by atoms with E-state index in [-0.39, 0.29) is 11.4 Å². The number of hydrogen-bond donors (Lipinski definition) is 0. The van der Waals surface area contributed by atoms with Crippen molar-refractivity contribution in [3.63, 3.8) is 0 Å². The average molecular weight is 380 g/mol. The number of fused-ring (bicyclic) bond motifs is 1. The van der Waals surface area contributed by atoms with Crippen LogP contribution in [0.2, 0.25) is 0 Å². The van der Waals surface area contributed by atoms with Gasteiger partial charge in [-0.15, -0.1) is 0 Å². The van der Waals surface area contributed by atoms with E-state index in [9.17, 15) is 4.79 Å². The lowest BCUT2D eigenvalue weighted by atomic mass is 9.77. The highest BCUT2D eigenvalue weighted by Crippen LogP contribution is 2.41. The summed E-state index contributed by atoms with van der Waals surface area (Å²) in [5.41, 5.74) is 2.13. The van der Waals surface area contributed by atoms with Gasteiger partial charge in [-0.05, 0) is 76.1 Å². The Hall–Kier alpha value is -2.75. The Morgan fingerprint density at radius 1 is 1.07 bits per heavy atom. The minimum absolute atomic E-state index is 0.0173. The minimum Gasteiger partial charge on any atom is -0.496 e. The second kappa shape index (κ2) is 7.01. The van der Waals surface area contributed by atoms with Crippen LogP contribution in [0.5, 0.6) is 17.2 Å². The third-order valence-corrected chi connectivity index (χ3v) is 5.33. The monoisotopic (exact) mass is 380 g/mol. The van der Waals surface area contributed by atoms with Gasteiger partial charge in [-0.2, -0.15) is 0 Å². The van der Waals surface area contributed by atoms with Crippen LogP contribution in [0.25, 0.3) is 6.08 Å². The summed E-state index contributed by atoms with van der Waals surface area (Å²) < 4.78 is 17.1. The zero-order valence-corrected chi connectivity index (χ0v) is 17.7. The minimum atomic E-state index is -0.749. The van der Waals surface area contributed by atoms with Gasteiger partial charge >= 0.3 is 0 Å². The standard InChI is InChI=1S/C24H28O4/c1-15-8-9-16(14-20(15)26-6)24(4,5)22(25)18-10-11-19-17(21(18)27-7)12-13-23(2,3)28-19/h8-14H,1-7H3. The van der Waals surface area contributed by atoms with Crippen LogP contribution in [0, 0.1) is 6.92 Å². The van der Waals surface area contributed by atoms with E-state index in [1.807, 2.05) is 71.0 Å². The van der Waals surface area contributed by atoms with Crippen LogP contribution in [0.1, 0.15) is 54.7 Å². The third kappa shape index (κ3) is 3.39. The Morgan fingerprint density at radius 3 is 2.43 bits per heavy atom. The Labute approximate surface area is 167 Å². The molecule has 1 aliphatic rings. The Balaban J connectivity index is 2.07. The van der Waals surface area contributed by atoms with Crippen molar-refractivity contribution >= 4 is 11.9 Å². The smallest absolute Gasteiger partial charge is 0.176 e. The lowest BCUT2D eigenvalue weighted by molar-refractivity contribution is 0.0905. The van der Waals surface area contributed by atoms with Crippen molar-refractivity contribution in [2.45, 2.75) is 45.6 Å². The molecule has 0 aromatic heterocycles. The SMILES string of the molecule is COc1cc(C(C)(C)C(=O)c2ccc3c(c2OC)C=CC(C)(C)O3)ccc1C. The number of ether oxygens (including phenoxy) is 3. The molecule has 28 heavy (non-hydrogen) atoms. The summed E-state index contributed by atoms with van der Waals surface area (Å²) >= 11 is 0. The van der Waals surface area contributed by atoms with Crippen LogP contribution in [-0.2, 0) is 5.41 Å². The Bertz CT molecular complexity index is 951. The van der Waals surface area contributed by atoms with Gasteiger partial charge < -0.3 is 14.2 Å². The number of methoxy groups -OCH3 is 2. The van der Waals surface area contributed by atoms with Gasteiger partial charge in [0.05, 0.1) is 30.8 Å². The molecule has 148 valence electrons. The van der Waals surface area contributed by atoms with Crippen LogP contribution in [-0.4, -0.2) is 25.6 Å². The summed E-state index contributed by atoms with van der Waals surface area (Å²) in [6.45, 7) is 9.82. The van der Waals surface area contributed by atoms with Crippen molar-refractivity contribution < 1.29 is 19.0 Å². The maximum absolute atomic E-state index is 13.6. The van der Waals surface area contributed by atoms with Gasteiger partial charge in [0, 0.05) is 0 Å². The van der Waals surface area contributed by atoms with Gasteiger partial charge in [-0.3, -0.25) is 4.79 Å². The topological polar surface area (TPSA) is 44.8 Å². The van der Waals surface area contributed by atoms with Crippen molar-refractivity contribution in [1.82, 2.24) is 0 Å². The molecule has 1 heterocycles. The van der Waals surface area contributed by atoms with Crippen molar-refractivity contribution in [2.24, 2.45) is 0 Å². The van der Waals surface area contributed by atoms with Crippen LogP contribution >= 0.6 is 0 Å². The molecule has 0 bridgehead atoms. The van der Waals surface area contributed by atoms with Gasteiger partial charge in [0.1, 0.15) is 22.8 Å². The highest BCUT2D eigenvalue weighted by Gasteiger charge is 2.35. The van der Waals surface area contributed by atoms with Gasteiger partial charge in [0.25, 0.3) is 0 Å². The molecule has 0 atom stereocenters. The second-order valence-electron chi connectivity index (χ2n) is 8.24. The summed E-state index contributed by atoms with van der Waals surface area (Å²) in [5.74, 6) is 2.02. The fraction of sp³-hybridized carbons (Fsp3) is 0.375. The maximum atomic E-state index is 13.6. The second-order valence-corrected chi connectivity index (χ2v) is 8.24. The molecule has 4 nitrogen and oxygen atoms in total. The molecule has 2 aromatic carbocycles. The molecule has 1 aliphatic heterocycles. The summed E-state index contributed by atoms with van der Waals surface area (Å²) in [6.07, 6.45) is 3.94. The number of carbonyl (C=O) groups excluding carboxylic acids is 1. The summed E-state index contributed by atoms with van der Waals surface area (Å²) in [6, 6.07) is 9.53. The number of rotatable bonds is 5. The van der Waals surface area contributed by atoms with E-state index in [1.54, 1.807) is 20.3 Å². The van der Waals surface area contributed by atoms with Crippen LogP contribution in [0.3, 0.4) is 0 Å². The molecule has 0 saturated carbocycles. The highest BCUT2D eigenvalue weighted by atomic mass is 16.5. The zero-order chi connectivity index (χ0) is 20.7. The molecule has 0 N–H and O–H groups in total. The van der Waals surface area contributed by atoms with Crippen molar-refractivity contribution in [3.8, 4) is 17.2 Å². The van der Waals surface area contributed by atoms with Gasteiger partial charge in [-0.1, -0.05) is 12.1 Å². The summed E-state index contributed by atoms with van der Waals surface area (Å²) in [7, 11) is 3.23. The highest BCUT2D eigenvalue weighted by molar-refractivity contribution is 6.06. The maximum Gasteiger partial charge on any atom is 0.176 e. The Kier molecular flexibility index (Phi) is 5.00. The van der Waals surface area contributed by atoms with E-state index >= 15 is 0 Å². The Morgan fingerprint density at radius 2 is 1.79 bits per heavy atom. The molecule has 3 rings (SSSR count). The molecule has 0 fully saturated rings. The fourth-order valence-electron chi connectivity index (χ4n) is 3.50. The number of hydrogen-bond acceptors (Lipinski definition) is 4. The van der Waals surface area contributed by atoms with E-state index in [1.165, 1.54) is 0 Å². The van der Waals surface area contributed by atoms with E-state index in [0.717, 1.165) is 28.2 Å². The average Bonchev–Trinajstić information content (AvgIpc) is 2.65. The fourth-order valence-corrected chi connectivity index (χ4v) is 3.50. The molecular weight excluding hydrogens is 352 g/mol. The number of carbonyl (C=O) groups is 1. The van der Waals surface area contributed by atoms with E-state index in [0.29, 0.717) is 11.3 Å². The van der Waals surface area contributed by atoms with Crippen molar-refractivity contribution in [3.05, 3.63) is 58.7 Å². The summed E-state index contributed by atoms with van der Waals surface area (Å²) in [5, 5.41) is 0. The zero-order valence-electron chi connectivity index (χ0n) is 17.7. The van der Waals surface area contributed by atoms with Crippen LogP contribution in [0.4, 0.5) is 0 Å². The van der Waals surface area contributed by atoms with Gasteiger partial charge in [0.15, 0.2) is 5.78 Å². The number of benzene rings is 2. The molecule has 4 heteroatoms. The van der Waals surface area contributed by atoms with E-state index in [4.69, 9.17) is 14.2 Å². The first kappa shape index (κ1) is 20.0. The van der Waals surface area contributed by atoms with Crippen LogP contribution < -0.4 is 14.2 Å². The molecule has 0 radical (unpaired) electrons. The molecule has 0 unspecified atom stereocenters. The quantitative estimate of drug-likeness (QED) is 0.655. The molecule has 2 aromatic rings. The molecule has 0 amide bonds. The van der Waals surface area contributed by atoms with Gasteiger partial charge in [0.2, 0.25) is 0 Å². The number of aryl methyl sites for hydroxylation is 1. The predicted octanol–water partition coefficient (Wildman–Crippen LogP) is 5.36. The first-order valence-corrected chi connectivity index (χ1v) is 9.40. The van der Waals surface area contributed by atoms with Crippen molar-refractivity contribution in [1.29, 1.82) is 0 Å². The van der Waals surface area contributed by atoms with Crippen molar-refractivity contribution in [2.75, 3.05) is 14.2 Å². The number of Topliss-reactive ketones (excluding diaryl/α,β-unsaturated/α-hetero) is 1. The lowest BCUT2D eigenvalue weighted by Gasteiger charge is -2.30. The molecular formula is C24H28O4. The van der Waals surface area contributed by atoms with E-state index in [2.05, 4.69) is 0 Å². The van der Waals surface area contributed by atoms with Crippen LogP contribution in [0.15, 0.2) is 36.4 Å². The van der Waals surface area contributed by atoms with E-state index < -0.39 is 5.41 Å². The third-order valence-electron chi connectivity index (χ3n) is 5.33. The normalized spacial score (nSPS) is 14.8. The first-order chi connectivity index (χ1) is 13.1. The molecule has 0 aliphatic carbocycles. The lowest BCUT2D eigenvalue weighted by Crippen LogP contribution is -2.31. The largest absolute Gasteiger partial charge is 0.496 e. The molecule has 0 saturated heterocycles.